The zero-order chi connectivity index (χ0) is 9.54. The SMILES string of the molecule is O=C1C=c2c(oc3ccncc23)=CC1. The molecule has 3 rings (SSSR count). The smallest absolute Gasteiger partial charge is 0.160 e. The zero-order valence-corrected chi connectivity index (χ0v) is 7.36. The molecule has 0 spiro atoms. The van der Waals surface area contributed by atoms with E-state index in [2.05, 4.69) is 4.98 Å². The van der Waals surface area contributed by atoms with E-state index in [4.69, 9.17) is 4.42 Å². The molecular formula is C11H7NO2. The van der Waals surface area contributed by atoms with E-state index >= 15 is 0 Å². The van der Waals surface area contributed by atoms with Gasteiger partial charge in [0.2, 0.25) is 0 Å². The zero-order valence-electron chi connectivity index (χ0n) is 7.36. The maximum Gasteiger partial charge on any atom is 0.160 e. The van der Waals surface area contributed by atoms with Gasteiger partial charge < -0.3 is 4.42 Å². The lowest BCUT2D eigenvalue weighted by Gasteiger charge is -1.91. The van der Waals surface area contributed by atoms with E-state index in [0.29, 0.717) is 6.42 Å². The van der Waals surface area contributed by atoms with Gasteiger partial charge in [-0.25, -0.2) is 0 Å². The number of pyridine rings is 1. The van der Waals surface area contributed by atoms with Gasteiger partial charge in [-0.1, -0.05) is 0 Å². The minimum atomic E-state index is 0.115. The molecule has 1 aliphatic carbocycles. The van der Waals surface area contributed by atoms with Gasteiger partial charge in [-0.3, -0.25) is 9.78 Å². The number of hydrogen-bond acceptors (Lipinski definition) is 3. The molecule has 0 atom stereocenters. The third-order valence-electron chi connectivity index (χ3n) is 2.35. The highest BCUT2D eigenvalue weighted by atomic mass is 16.3. The third kappa shape index (κ3) is 0.923. The van der Waals surface area contributed by atoms with Crippen molar-refractivity contribution >= 4 is 28.9 Å². The molecule has 2 aromatic heterocycles. The molecule has 0 aliphatic heterocycles. The maximum absolute atomic E-state index is 11.2. The van der Waals surface area contributed by atoms with E-state index in [-0.39, 0.29) is 5.78 Å². The molecule has 0 fully saturated rings. The molecule has 0 N–H and O–H groups in total. The summed E-state index contributed by atoms with van der Waals surface area (Å²) in [7, 11) is 0. The summed E-state index contributed by atoms with van der Waals surface area (Å²) >= 11 is 0. The van der Waals surface area contributed by atoms with Crippen molar-refractivity contribution in [1.29, 1.82) is 0 Å². The van der Waals surface area contributed by atoms with Crippen LogP contribution in [-0.2, 0) is 4.79 Å². The molecule has 14 heavy (non-hydrogen) atoms. The molecule has 68 valence electrons. The molecule has 2 aromatic rings. The largest absolute Gasteiger partial charge is 0.456 e. The van der Waals surface area contributed by atoms with Crippen LogP contribution < -0.4 is 10.6 Å². The van der Waals surface area contributed by atoms with Crippen LogP contribution in [0.15, 0.2) is 22.9 Å². The number of fused-ring (bicyclic) bond motifs is 3. The Kier molecular flexibility index (Phi) is 1.36. The first kappa shape index (κ1) is 7.50. The first-order valence-corrected chi connectivity index (χ1v) is 4.42. The van der Waals surface area contributed by atoms with Gasteiger partial charge in [0.05, 0.1) is 0 Å². The van der Waals surface area contributed by atoms with E-state index in [1.54, 1.807) is 24.5 Å². The first-order valence-electron chi connectivity index (χ1n) is 4.42. The number of rotatable bonds is 0. The topological polar surface area (TPSA) is 43.1 Å². The fourth-order valence-corrected chi connectivity index (χ4v) is 1.69. The Balaban J connectivity index is 2.60. The number of ketones is 1. The standard InChI is InChI=1S/C11H7NO2/c13-7-1-2-10-8(5-7)9-6-12-4-3-11(9)14-10/h2-6H,1H2. The van der Waals surface area contributed by atoms with Gasteiger partial charge in [0.25, 0.3) is 0 Å². The molecule has 0 radical (unpaired) electrons. The average molecular weight is 185 g/mol. The molecule has 0 unspecified atom stereocenters. The molecule has 0 saturated carbocycles. The monoisotopic (exact) mass is 185 g/mol. The van der Waals surface area contributed by atoms with Gasteiger partial charge in [0.15, 0.2) is 5.78 Å². The Morgan fingerprint density at radius 3 is 3.29 bits per heavy atom. The highest BCUT2D eigenvalue weighted by Crippen LogP contribution is 2.06. The quantitative estimate of drug-likeness (QED) is 0.595. The summed E-state index contributed by atoms with van der Waals surface area (Å²) in [5, 5.41) is 1.77. The van der Waals surface area contributed by atoms with Crippen LogP contribution in [0.2, 0.25) is 0 Å². The summed E-state index contributed by atoms with van der Waals surface area (Å²) < 4.78 is 5.56. The van der Waals surface area contributed by atoms with Gasteiger partial charge in [-0.15, -0.1) is 0 Å². The predicted octanol–water partition coefficient (Wildman–Crippen LogP) is 0.362. The van der Waals surface area contributed by atoms with E-state index < -0.39 is 0 Å². The van der Waals surface area contributed by atoms with E-state index in [9.17, 15) is 4.79 Å². The lowest BCUT2D eigenvalue weighted by atomic mass is 10.1. The van der Waals surface area contributed by atoms with Crippen LogP contribution in [0.3, 0.4) is 0 Å². The highest BCUT2D eigenvalue weighted by Gasteiger charge is 2.08. The van der Waals surface area contributed by atoms with Crippen LogP contribution in [-0.4, -0.2) is 10.8 Å². The van der Waals surface area contributed by atoms with Crippen molar-refractivity contribution in [3.05, 3.63) is 29.1 Å². The second kappa shape index (κ2) is 2.54. The Bertz CT molecular complexity index is 637. The van der Waals surface area contributed by atoms with Crippen molar-refractivity contribution in [2.45, 2.75) is 6.42 Å². The number of carbonyl (C=O) groups is 1. The Morgan fingerprint density at radius 1 is 1.43 bits per heavy atom. The summed E-state index contributed by atoms with van der Waals surface area (Å²) in [6.07, 6.45) is 7.28. The molecule has 0 aromatic carbocycles. The van der Waals surface area contributed by atoms with Crippen molar-refractivity contribution in [2.24, 2.45) is 0 Å². The van der Waals surface area contributed by atoms with Crippen molar-refractivity contribution in [3.8, 4) is 0 Å². The lowest BCUT2D eigenvalue weighted by molar-refractivity contribution is -0.112. The van der Waals surface area contributed by atoms with Gasteiger partial charge in [-0.05, 0) is 18.2 Å². The van der Waals surface area contributed by atoms with Crippen LogP contribution in [0.5, 0.6) is 0 Å². The Morgan fingerprint density at radius 2 is 2.36 bits per heavy atom. The van der Waals surface area contributed by atoms with Crippen LogP contribution in [0.25, 0.3) is 23.1 Å². The Labute approximate surface area is 79.4 Å². The normalized spacial score (nSPS) is 14.7. The van der Waals surface area contributed by atoms with Crippen LogP contribution in [0, 0.1) is 0 Å². The lowest BCUT2D eigenvalue weighted by Crippen LogP contribution is -2.25. The fourth-order valence-electron chi connectivity index (χ4n) is 1.69. The number of furan rings is 1. The summed E-state index contributed by atoms with van der Waals surface area (Å²) in [5.41, 5.74) is 1.57. The van der Waals surface area contributed by atoms with Crippen molar-refractivity contribution < 1.29 is 9.21 Å². The third-order valence-corrected chi connectivity index (χ3v) is 2.35. The van der Waals surface area contributed by atoms with Gasteiger partial charge in [-0.2, -0.15) is 0 Å². The van der Waals surface area contributed by atoms with E-state index in [1.165, 1.54) is 0 Å². The van der Waals surface area contributed by atoms with Crippen LogP contribution in [0.4, 0.5) is 0 Å². The molecule has 0 amide bonds. The van der Waals surface area contributed by atoms with Crippen LogP contribution >= 0.6 is 0 Å². The second-order valence-electron chi connectivity index (χ2n) is 3.27. The van der Waals surface area contributed by atoms with Crippen molar-refractivity contribution in [1.82, 2.24) is 4.98 Å². The molecular weight excluding hydrogens is 178 g/mol. The summed E-state index contributed by atoms with van der Waals surface area (Å²) in [4.78, 5) is 15.2. The highest BCUT2D eigenvalue weighted by molar-refractivity contribution is 6.10. The molecule has 0 bridgehead atoms. The fraction of sp³-hybridized carbons (Fsp3) is 0.0909. The number of hydrogen-bond donors (Lipinski definition) is 0. The number of carbonyl (C=O) groups excluding carboxylic acids is 1. The summed E-state index contributed by atoms with van der Waals surface area (Å²) in [6.45, 7) is 0. The number of aromatic nitrogens is 1. The molecule has 3 heteroatoms. The first-order chi connectivity index (χ1) is 6.84. The molecule has 2 heterocycles. The molecule has 0 saturated heterocycles. The van der Waals surface area contributed by atoms with Gasteiger partial charge in [0.1, 0.15) is 11.0 Å². The Hall–Kier alpha value is -1.90. The van der Waals surface area contributed by atoms with Crippen molar-refractivity contribution in [3.63, 3.8) is 0 Å². The average Bonchev–Trinajstić information content (AvgIpc) is 2.56. The molecule has 1 aliphatic rings. The second-order valence-corrected chi connectivity index (χ2v) is 3.27. The summed E-state index contributed by atoms with van der Waals surface area (Å²) in [6, 6.07) is 1.81. The van der Waals surface area contributed by atoms with Gasteiger partial charge >= 0.3 is 0 Å². The summed E-state index contributed by atoms with van der Waals surface area (Å²) in [5.74, 6) is 0.115. The maximum atomic E-state index is 11.2. The minimum absolute atomic E-state index is 0.115. The minimum Gasteiger partial charge on any atom is -0.456 e. The van der Waals surface area contributed by atoms with E-state index in [1.807, 2.05) is 6.08 Å². The van der Waals surface area contributed by atoms with E-state index in [0.717, 1.165) is 21.6 Å². The van der Waals surface area contributed by atoms with Crippen LogP contribution in [0.1, 0.15) is 6.42 Å². The number of nitrogens with zero attached hydrogens (tertiary/aromatic N) is 1. The van der Waals surface area contributed by atoms with Gasteiger partial charge in [0, 0.05) is 29.4 Å². The molecule has 3 nitrogen and oxygen atoms in total. The predicted molar refractivity (Wildman–Crippen MR) is 51.8 cm³/mol. The van der Waals surface area contributed by atoms with Crippen molar-refractivity contribution in [2.75, 3.05) is 0 Å². The number of Topliss-reactive ketones (excluding diaryl/α,β-unsaturated/α-hetero) is 1.